The van der Waals surface area contributed by atoms with Crippen molar-refractivity contribution in [3.63, 3.8) is 0 Å². The lowest BCUT2D eigenvalue weighted by Crippen LogP contribution is -2.30. The van der Waals surface area contributed by atoms with Gasteiger partial charge in [-0.25, -0.2) is 9.38 Å². The molecule has 164 valence electrons. The average Bonchev–Trinajstić information content (AvgIpc) is 3.24. The SMILES string of the molecule is Cn1c(C(C)(C)C)c/c(=N\C(=S)c2cccc(C(F)(F)F)c2F)n1C[C@H]1CCCO1. The molecule has 9 heteroatoms. The number of nitrogens with zero attached hydrogens (tertiary/aromatic N) is 3. The van der Waals surface area contributed by atoms with Crippen LogP contribution in [0.4, 0.5) is 17.6 Å². The van der Waals surface area contributed by atoms with Crippen LogP contribution < -0.4 is 5.49 Å². The van der Waals surface area contributed by atoms with Crippen LogP contribution in [0.2, 0.25) is 0 Å². The number of benzene rings is 1. The summed E-state index contributed by atoms with van der Waals surface area (Å²) in [6, 6.07) is 4.88. The molecule has 0 saturated carbocycles. The van der Waals surface area contributed by atoms with E-state index in [1.165, 1.54) is 6.07 Å². The molecule has 1 aromatic carbocycles. The van der Waals surface area contributed by atoms with Crippen LogP contribution in [0.1, 0.15) is 50.4 Å². The maximum Gasteiger partial charge on any atom is 0.419 e. The predicted molar refractivity (Wildman–Crippen MR) is 110 cm³/mol. The number of alkyl halides is 3. The fraction of sp³-hybridized carbons (Fsp3) is 0.524. The third-order valence-corrected chi connectivity index (χ3v) is 5.47. The molecule has 0 amide bonds. The minimum absolute atomic E-state index is 0.0178. The van der Waals surface area contributed by atoms with E-state index in [0.717, 1.165) is 24.6 Å². The summed E-state index contributed by atoms with van der Waals surface area (Å²) in [7, 11) is 1.89. The first-order valence-corrected chi connectivity index (χ1v) is 10.1. The van der Waals surface area contributed by atoms with E-state index in [0.29, 0.717) is 24.7 Å². The Balaban J connectivity index is 2.09. The van der Waals surface area contributed by atoms with Gasteiger partial charge in [0.05, 0.1) is 18.2 Å². The number of thiocarbonyl (C=S) groups is 1. The number of aromatic nitrogens is 2. The molecule has 1 fully saturated rings. The van der Waals surface area contributed by atoms with Gasteiger partial charge >= 0.3 is 6.18 Å². The lowest BCUT2D eigenvalue weighted by atomic mass is 9.92. The van der Waals surface area contributed by atoms with E-state index in [1.54, 1.807) is 0 Å². The molecule has 0 unspecified atom stereocenters. The van der Waals surface area contributed by atoms with Gasteiger partial charge in [0.1, 0.15) is 10.8 Å². The maximum absolute atomic E-state index is 14.5. The van der Waals surface area contributed by atoms with E-state index in [-0.39, 0.29) is 22.1 Å². The first-order valence-electron chi connectivity index (χ1n) is 9.73. The smallest absolute Gasteiger partial charge is 0.376 e. The molecule has 0 spiro atoms. The lowest BCUT2D eigenvalue weighted by Gasteiger charge is -2.21. The second-order valence-electron chi connectivity index (χ2n) is 8.46. The lowest BCUT2D eigenvalue weighted by molar-refractivity contribution is -0.140. The minimum atomic E-state index is -4.80. The summed E-state index contributed by atoms with van der Waals surface area (Å²) < 4.78 is 63.3. The molecule has 4 nitrogen and oxygen atoms in total. The second-order valence-corrected chi connectivity index (χ2v) is 8.85. The standard InChI is InChI=1S/C21H25F4N3OS/c1-20(2,3)16-11-17(28(27(16)4)12-13-7-6-10-29-13)26-19(30)14-8-5-9-15(18(14)22)21(23,24)25/h5,8-9,11,13H,6-7,10,12H2,1-4H3/b26-17+/t13-/m1/s1. The highest BCUT2D eigenvalue weighted by Gasteiger charge is 2.35. The van der Waals surface area contributed by atoms with Gasteiger partial charge in [-0.3, -0.25) is 9.36 Å². The quantitative estimate of drug-likeness (QED) is 0.507. The van der Waals surface area contributed by atoms with Crippen molar-refractivity contribution in [3.05, 3.63) is 52.4 Å². The molecule has 2 heterocycles. The second kappa shape index (κ2) is 8.26. The van der Waals surface area contributed by atoms with Gasteiger partial charge in [0.25, 0.3) is 0 Å². The zero-order valence-corrected chi connectivity index (χ0v) is 18.2. The molecule has 2 aromatic rings. The highest BCUT2D eigenvalue weighted by molar-refractivity contribution is 7.80. The molecule has 1 aliphatic heterocycles. The number of hydrogen-bond donors (Lipinski definition) is 0. The first kappa shape index (κ1) is 22.7. The number of halogens is 4. The van der Waals surface area contributed by atoms with Crippen LogP contribution in [-0.2, 0) is 29.9 Å². The van der Waals surface area contributed by atoms with Gasteiger partial charge in [0.2, 0.25) is 0 Å². The molecule has 3 rings (SSSR count). The Kier molecular flexibility index (Phi) is 6.25. The fourth-order valence-electron chi connectivity index (χ4n) is 3.64. The van der Waals surface area contributed by atoms with Gasteiger partial charge in [0, 0.05) is 36.4 Å². The molecule has 1 aliphatic rings. The zero-order valence-electron chi connectivity index (χ0n) is 17.4. The van der Waals surface area contributed by atoms with E-state index < -0.39 is 17.6 Å². The molecule has 0 radical (unpaired) electrons. The van der Waals surface area contributed by atoms with Crippen molar-refractivity contribution in [3.8, 4) is 0 Å². The summed E-state index contributed by atoms with van der Waals surface area (Å²) >= 11 is 5.23. The molecule has 0 N–H and O–H groups in total. The Morgan fingerprint density at radius 1 is 1.27 bits per heavy atom. The molecular weight excluding hydrogens is 418 g/mol. The summed E-state index contributed by atoms with van der Waals surface area (Å²) in [4.78, 5) is 4.13. The summed E-state index contributed by atoms with van der Waals surface area (Å²) in [5, 5.41) is 0. The maximum atomic E-state index is 14.5. The topological polar surface area (TPSA) is 31.4 Å². The Hall–Kier alpha value is -2.00. The number of ether oxygens (including phenoxy) is 1. The Morgan fingerprint density at radius 2 is 1.97 bits per heavy atom. The van der Waals surface area contributed by atoms with Crippen LogP contribution in [0.15, 0.2) is 29.3 Å². The van der Waals surface area contributed by atoms with Crippen LogP contribution in [0.3, 0.4) is 0 Å². The monoisotopic (exact) mass is 443 g/mol. The third-order valence-electron chi connectivity index (χ3n) is 5.16. The van der Waals surface area contributed by atoms with Crippen LogP contribution in [0.5, 0.6) is 0 Å². The minimum Gasteiger partial charge on any atom is -0.376 e. The van der Waals surface area contributed by atoms with E-state index in [9.17, 15) is 17.6 Å². The highest BCUT2D eigenvalue weighted by atomic mass is 32.1. The molecule has 1 saturated heterocycles. The molecule has 0 aliphatic carbocycles. The third kappa shape index (κ3) is 4.67. The Morgan fingerprint density at radius 3 is 2.53 bits per heavy atom. The summed E-state index contributed by atoms with van der Waals surface area (Å²) in [5.74, 6) is -1.41. The fourth-order valence-corrected chi connectivity index (χ4v) is 3.89. The van der Waals surface area contributed by atoms with Gasteiger partial charge in [-0.1, -0.05) is 39.1 Å². The van der Waals surface area contributed by atoms with Crippen LogP contribution in [0, 0.1) is 5.82 Å². The number of hydrogen-bond acceptors (Lipinski definition) is 2. The molecular formula is C21H25F4N3OS. The molecule has 1 atom stereocenters. The first-order chi connectivity index (χ1) is 13.9. The van der Waals surface area contributed by atoms with Crippen molar-refractivity contribution < 1.29 is 22.3 Å². The van der Waals surface area contributed by atoms with Gasteiger partial charge in [0.15, 0.2) is 5.49 Å². The van der Waals surface area contributed by atoms with Crippen LogP contribution in [0.25, 0.3) is 0 Å². The van der Waals surface area contributed by atoms with Crippen molar-refractivity contribution in [1.82, 2.24) is 9.36 Å². The molecule has 1 aromatic heterocycles. The van der Waals surface area contributed by atoms with Crippen molar-refractivity contribution in [2.45, 2.75) is 57.9 Å². The Labute approximate surface area is 178 Å². The summed E-state index contributed by atoms with van der Waals surface area (Å²) in [6.07, 6.45) is -2.90. The molecule has 0 bridgehead atoms. The largest absolute Gasteiger partial charge is 0.419 e. The van der Waals surface area contributed by atoms with E-state index >= 15 is 0 Å². The van der Waals surface area contributed by atoms with Crippen LogP contribution >= 0.6 is 12.2 Å². The highest BCUT2D eigenvalue weighted by Crippen LogP contribution is 2.32. The van der Waals surface area contributed by atoms with E-state index in [1.807, 2.05) is 43.2 Å². The summed E-state index contributed by atoms with van der Waals surface area (Å²) in [6.45, 7) is 7.37. The van der Waals surface area contributed by atoms with Gasteiger partial charge in [-0.2, -0.15) is 13.2 Å². The number of rotatable bonds is 3. The zero-order chi connectivity index (χ0) is 22.3. The van der Waals surface area contributed by atoms with E-state index in [4.69, 9.17) is 17.0 Å². The van der Waals surface area contributed by atoms with Gasteiger partial charge < -0.3 is 4.74 Å². The normalized spacial score (nSPS) is 18.3. The van der Waals surface area contributed by atoms with Crippen molar-refractivity contribution in [2.75, 3.05) is 6.61 Å². The summed E-state index contributed by atoms with van der Waals surface area (Å²) in [5.41, 5.74) is -0.478. The molecule has 30 heavy (non-hydrogen) atoms. The average molecular weight is 444 g/mol. The Bertz CT molecular complexity index is 1010. The van der Waals surface area contributed by atoms with Gasteiger partial charge in [-0.15, -0.1) is 0 Å². The van der Waals surface area contributed by atoms with Crippen molar-refractivity contribution in [2.24, 2.45) is 12.0 Å². The van der Waals surface area contributed by atoms with Gasteiger partial charge in [-0.05, 0) is 25.0 Å². The van der Waals surface area contributed by atoms with Crippen molar-refractivity contribution >= 4 is 17.2 Å². The predicted octanol–water partition coefficient (Wildman–Crippen LogP) is 4.74. The van der Waals surface area contributed by atoms with Crippen LogP contribution in [-0.4, -0.2) is 27.1 Å². The van der Waals surface area contributed by atoms with Crippen molar-refractivity contribution in [1.29, 1.82) is 0 Å². The van der Waals surface area contributed by atoms with E-state index in [2.05, 4.69) is 4.99 Å².